The number of esters is 2. The third-order valence-corrected chi connectivity index (χ3v) is 3.38. The summed E-state index contributed by atoms with van der Waals surface area (Å²) in [5, 5.41) is 0. The standard InChI is InChI=1S/C16H31NO3.ClH/c1-2-3-4-5-6-7-8-9-10-11-12-13-15(18)20-16(19)14-17;/h2-14,17H2,1H3;1H. The SMILES string of the molecule is CCCCCCCCCCCCCC(=O)OC(=O)CN.Cl. The molecule has 0 atom stereocenters. The van der Waals surface area contributed by atoms with E-state index in [9.17, 15) is 9.59 Å². The maximum atomic E-state index is 11.2. The topological polar surface area (TPSA) is 69.4 Å². The van der Waals surface area contributed by atoms with Crippen molar-refractivity contribution in [2.75, 3.05) is 6.54 Å². The number of unbranched alkanes of at least 4 members (excludes halogenated alkanes) is 10. The summed E-state index contributed by atoms with van der Waals surface area (Å²) in [5.41, 5.74) is 5.05. The zero-order valence-electron chi connectivity index (χ0n) is 13.4. The van der Waals surface area contributed by atoms with Gasteiger partial charge in [0.25, 0.3) is 0 Å². The summed E-state index contributed by atoms with van der Waals surface area (Å²) in [6.45, 7) is 2.01. The van der Waals surface area contributed by atoms with Crippen molar-refractivity contribution in [3.05, 3.63) is 0 Å². The van der Waals surface area contributed by atoms with Crippen LogP contribution in [0.3, 0.4) is 0 Å². The molecule has 0 saturated heterocycles. The fourth-order valence-electron chi connectivity index (χ4n) is 2.15. The molecule has 4 nitrogen and oxygen atoms in total. The highest BCUT2D eigenvalue weighted by Crippen LogP contribution is 2.12. The lowest BCUT2D eigenvalue weighted by atomic mass is 10.1. The van der Waals surface area contributed by atoms with Crippen molar-refractivity contribution in [2.45, 2.75) is 84.0 Å². The largest absolute Gasteiger partial charge is 0.392 e. The molecule has 21 heavy (non-hydrogen) atoms. The molecule has 0 unspecified atom stereocenters. The van der Waals surface area contributed by atoms with Gasteiger partial charge < -0.3 is 10.5 Å². The van der Waals surface area contributed by atoms with E-state index in [1.54, 1.807) is 0 Å². The Morgan fingerprint density at radius 2 is 1.19 bits per heavy atom. The minimum Gasteiger partial charge on any atom is -0.392 e. The van der Waals surface area contributed by atoms with Gasteiger partial charge in [-0.3, -0.25) is 9.59 Å². The Hall–Kier alpha value is -0.610. The van der Waals surface area contributed by atoms with Crippen molar-refractivity contribution < 1.29 is 14.3 Å². The fraction of sp³-hybridized carbons (Fsp3) is 0.875. The lowest BCUT2D eigenvalue weighted by Crippen LogP contribution is -2.20. The number of hydrogen-bond donors (Lipinski definition) is 1. The van der Waals surface area contributed by atoms with E-state index >= 15 is 0 Å². The molecule has 0 aromatic rings. The summed E-state index contributed by atoms with van der Waals surface area (Å²) < 4.78 is 4.49. The van der Waals surface area contributed by atoms with Crippen LogP contribution in [0.5, 0.6) is 0 Å². The zero-order chi connectivity index (χ0) is 15.1. The first-order valence-electron chi connectivity index (χ1n) is 8.14. The van der Waals surface area contributed by atoms with Crippen LogP contribution in [-0.2, 0) is 14.3 Å². The van der Waals surface area contributed by atoms with Crippen molar-refractivity contribution in [3.8, 4) is 0 Å². The predicted octanol–water partition coefficient (Wildman–Crippen LogP) is 4.14. The number of hydrogen-bond acceptors (Lipinski definition) is 4. The Labute approximate surface area is 135 Å². The summed E-state index contributed by atoms with van der Waals surface area (Å²) in [5.74, 6) is -1.09. The molecule has 0 aliphatic rings. The molecule has 0 aliphatic heterocycles. The third-order valence-electron chi connectivity index (χ3n) is 3.38. The molecule has 5 heteroatoms. The molecule has 126 valence electrons. The van der Waals surface area contributed by atoms with Crippen LogP contribution < -0.4 is 5.73 Å². The van der Waals surface area contributed by atoms with Crippen LogP contribution in [-0.4, -0.2) is 18.5 Å². The quantitative estimate of drug-likeness (QED) is 0.314. The molecule has 0 radical (unpaired) electrons. The van der Waals surface area contributed by atoms with Gasteiger partial charge in [-0.15, -0.1) is 12.4 Å². The molecule has 0 amide bonds. The molecule has 0 bridgehead atoms. The summed E-state index contributed by atoms with van der Waals surface area (Å²) in [6.07, 6.45) is 13.9. The second-order valence-electron chi connectivity index (χ2n) is 5.34. The first-order valence-corrected chi connectivity index (χ1v) is 8.14. The Kier molecular flexibility index (Phi) is 18.8. The van der Waals surface area contributed by atoms with E-state index < -0.39 is 11.9 Å². The lowest BCUT2D eigenvalue weighted by Gasteiger charge is -2.03. The van der Waals surface area contributed by atoms with Gasteiger partial charge in [0.15, 0.2) is 0 Å². The molecule has 0 rings (SSSR count). The van der Waals surface area contributed by atoms with Gasteiger partial charge in [0.2, 0.25) is 0 Å². The van der Waals surface area contributed by atoms with Crippen LogP contribution in [0.15, 0.2) is 0 Å². The molecule has 0 aliphatic carbocycles. The van der Waals surface area contributed by atoms with Gasteiger partial charge >= 0.3 is 11.9 Å². The molecular formula is C16H32ClNO3. The Morgan fingerprint density at radius 3 is 1.62 bits per heavy atom. The predicted molar refractivity (Wildman–Crippen MR) is 88.5 cm³/mol. The number of nitrogens with two attached hydrogens (primary N) is 1. The van der Waals surface area contributed by atoms with Gasteiger partial charge in [0.1, 0.15) is 0 Å². The normalized spacial score (nSPS) is 10.0. The lowest BCUT2D eigenvalue weighted by molar-refractivity contribution is -0.158. The third kappa shape index (κ3) is 17.3. The zero-order valence-corrected chi connectivity index (χ0v) is 14.2. The van der Waals surface area contributed by atoms with Crippen molar-refractivity contribution in [1.82, 2.24) is 0 Å². The average Bonchev–Trinajstić information content (AvgIpc) is 2.44. The highest BCUT2D eigenvalue weighted by Gasteiger charge is 2.07. The van der Waals surface area contributed by atoms with Gasteiger partial charge in [-0.05, 0) is 6.42 Å². The van der Waals surface area contributed by atoms with E-state index in [4.69, 9.17) is 5.73 Å². The van der Waals surface area contributed by atoms with Crippen molar-refractivity contribution >= 4 is 24.3 Å². The van der Waals surface area contributed by atoms with Gasteiger partial charge in [0, 0.05) is 6.42 Å². The second kappa shape index (κ2) is 17.4. The Bertz CT molecular complexity index is 260. The number of rotatable bonds is 13. The van der Waals surface area contributed by atoms with E-state index in [0.717, 1.165) is 19.3 Å². The summed E-state index contributed by atoms with van der Waals surface area (Å²) in [7, 11) is 0. The van der Waals surface area contributed by atoms with Gasteiger partial charge in [-0.25, -0.2) is 0 Å². The highest BCUT2D eigenvalue weighted by molar-refractivity contribution is 5.86. The molecule has 0 spiro atoms. The smallest absolute Gasteiger partial charge is 0.327 e. The average molecular weight is 322 g/mol. The van der Waals surface area contributed by atoms with Crippen molar-refractivity contribution in [3.63, 3.8) is 0 Å². The Morgan fingerprint density at radius 1 is 0.762 bits per heavy atom. The van der Waals surface area contributed by atoms with Crippen LogP contribution in [0.1, 0.15) is 84.0 Å². The second-order valence-corrected chi connectivity index (χ2v) is 5.34. The van der Waals surface area contributed by atoms with Crippen molar-refractivity contribution in [2.24, 2.45) is 5.73 Å². The minimum absolute atomic E-state index is 0. The highest BCUT2D eigenvalue weighted by atomic mass is 35.5. The summed E-state index contributed by atoms with van der Waals surface area (Å²) in [6, 6.07) is 0. The molecule has 0 heterocycles. The van der Waals surface area contributed by atoms with Crippen LogP contribution in [0.25, 0.3) is 0 Å². The van der Waals surface area contributed by atoms with Crippen LogP contribution in [0, 0.1) is 0 Å². The van der Waals surface area contributed by atoms with Gasteiger partial charge in [-0.1, -0.05) is 71.1 Å². The Balaban J connectivity index is 0. The molecule has 0 aromatic heterocycles. The summed E-state index contributed by atoms with van der Waals surface area (Å²) >= 11 is 0. The van der Waals surface area contributed by atoms with E-state index in [-0.39, 0.29) is 19.0 Å². The van der Waals surface area contributed by atoms with Crippen LogP contribution in [0.4, 0.5) is 0 Å². The van der Waals surface area contributed by atoms with Crippen LogP contribution in [0.2, 0.25) is 0 Å². The minimum atomic E-state index is -0.641. The number of halogens is 1. The number of ether oxygens (including phenoxy) is 1. The van der Waals surface area contributed by atoms with Gasteiger partial charge in [0.05, 0.1) is 6.54 Å². The molecule has 0 aromatic carbocycles. The van der Waals surface area contributed by atoms with E-state index in [2.05, 4.69) is 11.7 Å². The molecular weight excluding hydrogens is 290 g/mol. The maximum absolute atomic E-state index is 11.2. The van der Waals surface area contributed by atoms with E-state index in [1.807, 2.05) is 0 Å². The maximum Gasteiger partial charge on any atom is 0.327 e. The monoisotopic (exact) mass is 321 g/mol. The van der Waals surface area contributed by atoms with Crippen molar-refractivity contribution in [1.29, 1.82) is 0 Å². The first-order chi connectivity index (χ1) is 9.70. The molecule has 0 fully saturated rings. The number of carbonyl (C=O) groups is 2. The molecule has 0 saturated carbocycles. The van der Waals surface area contributed by atoms with E-state index in [1.165, 1.54) is 51.4 Å². The van der Waals surface area contributed by atoms with Gasteiger partial charge in [-0.2, -0.15) is 0 Å². The number of carbonyl (C=O) groups excluding carboxylic acids is 2. The van der Waals surface area contributed by atoms with E-state index in [0.29, 0.717) is 6.42 Å². The van der Waals surface area contributed by atoms with Crippen LogP contribution >= 0.6 is 12.4 Å². The summed E-state index contributed by atoms with van der Waals surface area (Å²) in [4.78, 5) is 21.9. The molecule has 2 N–H and O–H groups in total. The first kappa shape index (κ1) is 22.7. The fourth-order valence-corrected chi connectivity index (χ4v) is 2.15.